The molecule has 2 bridgehead atoms. The number of benzene rings is 1. The molecule has 2 N–H and O–H groups in total. The Morgan fingerprint density at radius 3 is 2.96 bits per heavy atom. The number of nitrogens with zero attached hydrogens (tertiary/aromatic N) is 3. The predicted octanol–water partition coefficient (Wildman–Crippen LogP) is 1.46. The lowest BCUT2D eigenvalue weighted by molar-refractivity contribution is -0.164. The largest absolute Gasteiger partial charge is 0.389 e. The molecular weight excluding hydrogens is 348 g/mol. The number of ether oxygens (including phenoxy) is 2. The van der Waals surface area contributed by atoms with Gasteiger partial charge in [0.15, 0.2) is 6.29 Å². The maximum atomic E-state index is 11.2. The summed E-state index contributed by atoms with van der Waals surface area (Å²) < 4.78 is 19.1. The number of aryl methyl sites for hydroxylation is 2. The maximum Gasteiger partial charge on any atom is 0.181 e. The van der Waals surface area contributed by atoms with Gasteiger partial charge < -0.3 is 29.0 Å². The molecular formula is C19H22N4O4. The van der Waals surface area contributed by atoms with Crippen molar-refractivity contribution in [3.8, 4) is 0 Å². The van der Waals surface area contributed by atoms with Crippen molar-refractivity contribution in [3.63, 3.8) is 0 Å². The maximum absolute atomic E-state index is 11.2. The first-order valence-corrected chi connectivity index (χ1v) is 9.15. The zero-order valence-electron chi connectivity index (χ0n) is 15.2. The molecule has 142 valence electrons. The van der Waals surface area contributed by atoms with Gasteiger partial charge in [-0.1, -0.05) is 17.3 Å². The van der Waals surface area contributed by atoms with Crippen LogP contribution >= 0.6 is 0 Å². The van der Waals surface area contributed by atoms with Gasteiger partial charge in [-0.3, -0.25) is 0 Å². The zero-order valence-corrected chi connectivity index (χ0v) is 15.2. The molecule has 2 aromatic heterocycles. The van der Waals surface area contributed by atoms with Crippen LogP contribution in [0.15, 0.2) is 35.1 Å². The van der Waals surface area contributed by atoms with Crippen LogP contribution in [0.2, 0.25) is 0 Å². The second kappa shape index (κ2) is 6.42. The van der Waals surface area contributed by atoms with E-state index in [0.717, 1.165) is 28.1 Å². The Balaban J connectivity index is 1.44. The third-order valence-electron chi connectivity index (χ3n) is 5.63. The number of aromatic nitrogens is 3. The smallest absolute Gasteiger partial charge is 0.181 e. The minimum atomic E-state index is -0.686. The topological polar surface area (TPSA) is 94.6 Å². The number of hydrogen-bond acceptors (Lipinski definition) is 7. The molecule has 0 aliphatic carbocycles. The summed E-state index contributed by atoms with van der Waals surface area (Å²) in [6.45, 7) is 4.80. The highest BCUT2D eigenvalue weighted by molar-refractivity contribution is 5.75. The van der Waals surface area contributed by atoms with Crippen molar-refractivity contribution in [1.82, 2.24) is 20.0 Å². The number of imidazole rings is 1. The van der Waals surface area contributed by atoms with E-state index in [1.165, 1.54) is 0 Å². The molecule has 2 aliphatic heterocycles. The molecule has 8 nitrogen and oxygen atoms in total. The van der Waals surface area contributed by atoms with Gasteiger partial charge in [0.1, 0.15) is 17.9 Å². The highest BCUT2D eigenvalue weighted by Gasteiger charge is 2.51. The van der Waals surface area contributed by atoms with Gasteiger partial charge >= 0.3 is 0 Å². The van der Waals surface area contributed by atoms with Crippen LogP contribution in [0.25, 0.3) is 11.0 Å². The second-order valence-electron chi connectivity index (χ2n) is 7.21. The summed E-state index contributed by atoms with van der Waals surface area (Å²) in [7, 11) is 0. The minimum absolute atomic E-state index is 0.198. The van der Waals surface area contributed by atoms with Crippen LogP contribution in [-0.2, 0) is 16.0 Å². The van der Waals surface area contributed by atoms with Crippen LogP contribution in [0.4, 0.5) is 0 Å². The standard InChI is InChI=1S/C19H22N4O4/c1-10-12(11(2)27-22-10)7-20-16-15-8-25-19(26-15)17(18(16)24)23-9-21-13-5-3-4-6-14(13)23/h3-6,9,15-20,24H,7-8H2,1-2H3/t15-,16-,17-,18+,19-/m1/s1. The molecule has 5 rings (SSSR count). The van der Waals surface area contributed by atoms with Gasteiger partial charge in [0, 0.05) is 12.1 Å². The van der Waals surface area contributed by atoms with Crippen LogP contribution in [0, 0.1) is 13.8 Å². The van der Waals surface area contributed by atoms with Crippen LogP contribution in [0.5, 0.6) is 0 Å². The van der Waals surface area contributed by atoms with Gasteiger partial charge in [0.25, 0.3) is 0 Å². The third-order valence-corrected chi connectivity index (χ3v) is 5.63. The van der Waals surface area contributed by atoms with Crippen LogP contribution in [0.3, 0.4) is 0 Å². The average Bonchev–Trinajstić information content (AvgIpc) is 3.36. The number of aliphatic hydroxyl groups is 1. The number of para-hydroxylation sites is 2. The Hall–Kier alpha value is -2.26. The predicted molar refractivity (Wildman–Crippen MR) is 96.0 cm³/mol. The molecule has 3 aromatic rings. The summed E-state index contributed by atoms with van der Waals surface area (Å²) in [5, 5.41) is 18.6. The molecule has 2 saturated heterocycles. The summed E-state index contributed by atoms with van der Waals surface area (Å²) in [4.78, 5) is 4.45. The summed E-state index contributed by atoms with van der Waals surface area (Å²) in [6, 6.07) is 7.20. The molecule has 27 heavy (non-hydrogen) atoms. The van der Waals surface area contributed by atoms with Crippen molar-refractivity contribution in [1.29, 1.82) is 0 Å². The lowest BCUT2D eigenvalue weighted by Crippen LogP contribution is -2.57. The van der Waals surface area contributed by atoms with Crippen molar-refractivity contribution in [2.75, 3.05) is 6.61 Å². The summed E-state index contributed by atoms with van der Waals surface area (Å²) >= 11 is 0. The quantitative estimate of drug-likeness (QED) is 0.718. The third kappa shape index (κ3) is 2.68. The SMILES string of the molecule is Cc1noc(C)c1CN[C@H]1[C@H](O)[C@@H](n2cnc3ccccc32)[C@@H]2OC[C@H]1O2. The molecule has 0 saturated carbocycles. The van der Waals surface area contributed by atoms with E-state index in [1.807, 2.05) is 42.7 Å². The van der Waals surface area contributed by atoms with Crippen molar-refractivity contribution >= 4 is 11.0 Å². The molecule has 2 aliphatic rings. The van der Waals surface area contributed by atoms with E-state index in [1.54, 1.807) is 6.33 Å². The van der Waals surface area contributed by atoms with Gasteiger partial charge in [0.2, 0.25) is 0 Å². The van der Waals surface area contributed by atoms with Crippen molar-refractivity contribution in [2.24, 2.45) is 0 Å². The molecule has 5 atom stereocenters. The monoisotopic (exact) mass is 370 g/mol. The highest BCUT2D eigenvalue weighted by atomic mass is 16.7. The molecule has 1 aromatic carbocycles. The van der Waals surface area contributed by atoms with E-state index in [2.05, 4.69) is 15.5 Å². The van der Waals surface area contributed by atoms with Crippen molar-refractivity contribution < 1.29 is 19.1 Å². The molecule has 0 spiro atoms. The number of fused-ring (bicyclic) bond motifs is 3. The fourth-order valence-corrected chi connectivity index (χ4v) is 4.14. The first-order valence-electron chi connectivity index (χ1n) is 9.15. The number of hydrogen-bond donors (Lipinski definition) is 2. The number of aliphatic hydroxyl groups excluding tert-OH is 1. The van der Waals surface area contributed by atoms with Gasteiger partial charge in [0.05, 0.1) is 41.8 Å². The highest BCUT2D eigenvalue weighted by Crippen LogP contribution is 2.37. The molecule has 2 fully saturated rings. The number of rotatable bonds is 4. The molecule has 8 heteroatoms. The molecule has 4 heterocycles. The van der Waals surface area contributed by atoms with Crippen LogP contribution < -0.4 is 5.32 Å². The zero-order chi connectivity index (χ0) is 18.5. The Kier molecular flexibility index (Phi) is 4.01. The molecule has 0 amide bonds. The summed E-state index contributed by atoms with van der Waals surface area (Å²) in [6.07, 6.45) is 0.375. The van der Waals surface area contributed by atoms with E-state index in [-0.39, 0.29) is 18.2 Å². The van der Waals surface area contributed by atoms with E-state index in [0.29, 0.717) is 13.2 Å². The van der Waals surface area contributed by atoms with Gasteiger partial charge in [-0.25, -0.2) is 4.98 Å². The second-order valence-corrected chi connectivity index (χ2v) is 7.21. The Morgan fingerprint density at radius 2 is 2.15 bits per heavy atom. The lowest BCUT2D eigenvalue weighted by Gasteiger charge is -2.39. The molecule has 0 unspecified atom stereocenters. The average molecular weight is 370 g/mol. The summed E-state index contributed by atoms with van der Waals surface area (Å²) in [5.41, 5.74) is 3.69. The summed E-state index contributed by atoms with van der Waals surface area (Å²) in [5.74, 6) is 0.781. The first-order chi connectivity index (χ1) is 13.1. The van der Waals surface area contributed by atoms with E-state index in [4.69, 9.17) is 14.0 Å². The van der Waals surface area contributed by atoms with Gasteiger partial charge in [-0.15, -0.1) is 0 Å². The normalized spacial score (nSPS) is 30.3. The van der Waals surface area contributed by atoms with Crippen molar-refractivity contribution in [3.05, 3.63) is 47.6 Å². The fourth-order valence-electron chi connectivity index (χ4n) is 4.14. The van der Waals surface area contributed by atoms with Crippen LogP contribution in [-0.4, -0.2) is 51.0 Å². The number of nitrogens with one attached hydrogen (secondary N) is 1. The Labute approximate surface area is 156 Å². The van der Waals surface area contributed by atoms with Gasteiger partial charge in [-0.05, 0) is 26.0 Å². The Morgan fingerprint density at radius 1 is 1.30 bits per heavy atom. The van der Waals surface area contributed by atoms with Crippen molar-refractivity contribution in [2.45, 2.75) is 51.0 Å². The van der Waals surface area contributed by atoms with E-state index in [9.17, 15) is 5.11 Å². The van der Waals surface area contributed by atoms with Gasteiger partial charge in [-0.2, -0.15) is 0 Å². The molecule has 0 radical (unpaired) electrons. The lowest BCUT2D eigenvalue weighted by atomic mass is 9.95. The van der Waals surface area contributed by atoms with E-state index >= 15 is 0 Å². The minimum Gasteiger partial charge on any atom is -0.389 e. The first kappa shape index (κ1) is 16.9. The Bertz CT molecular complexity index is 948. The van der Waals surface area contributed by atoms with Crippen LogP contribution in [0.1, 0.15) is 23.1 Å². The van der Waals surface area contributed by atoms with E-state index < -0.39 is 12.4 Å². The fraction of sp³-hybridized carbons (Fsp3) is 0.474.